The van der Waals surface area contributed by atoms with E-state index in [1.54, 1.807) is 13.0 Å². The average Bonchev–Trinajstić information content (AvgIpc) is 2.93. The van der Waals surface area contributed by atoms with Crippen molar-refractivity contribution >= 4 is 11.9 Å². The zero-order valence-corrected chi connectivity index (χ0v) is 11.4. The van der Waals surface area contributed by atoms with Crippen molar-refractivity contribution < 1.29 is 23.8 Å². The number of benzene rings is 1. The third-order valence-corrected chi connectivity index (χ3v) is 2.82. The summed E-state index contributed by atoms with van der Waals surface area (Å²) < 4.78 is 18.2. The number of carbonyl (C=O) groups excluding carboxylic acids is 1. The minimum Gasteiger partial charge on any atom is -0.476 e. The molecule has 112 valence electrons. The van der Waals surface area contributed by atoms with Crippen molar-refractivity contribution in [2.24, 2.45) is 0 Å². The number of aromatic nitrogens is 2. The first kappa shape index (κ1) is 15.2. The molecule has 0 aliphatic carbocycles. The summed E-state index contributed by atoms with van der Waals surface area (Å²) in [7, 11) is 0. The fourth-order valence-corrected chi connectivity index (χ4v) is 1.90. The molecule has 1 aromatic carbocycles. The minimum atomic E-state index is -1.37. The highest BCUT2D eigenvalue weighted by Crippen LogP contribution is 2.28. The molecule has 0 bridgehead atoms. The Hall–Kier alpha value is -3.21. The smallest absolute Gasteiger partial charge is 0.357 e. The van der Waals surface area contributed by atoms with Crippen molar-refractivity contribution in [1.29, 1.82) is 5.26 Å². The first-order valence-electron chi connectivity index (χ1n) is 6.18. The summed E-state index contributed by atoms with van der Waals surface area (Å²) in [5.41, 5.74) is -0.743. The van der Waals surface area contributed by atoms with E-state index in [1.807, 2.05) is 0 Å². The number of aromatic amines is 1. The van der Waals surface area contributed by atoms with Gasteiger partial charge in [0.2, 0.25) is 0 Å². The molecule has 0 saturated heterocycles. The lowest BCUT2D eigenvalue weighted by atomic mass is 10.0. The summed E-state index contributed by atoms with van der Waals surface area (Å²) >= 11 is 0. The van der Waals surface area contributed by atoms with E-state index in [2.05, 4.69) is 10.2 Å². The van der Waals surface area contributed by atoms with Crippen LogP contribution in [0, 0.1) is 17.1 Å². The van der Waals surface area contributed by atoms with Crippen molar-refractivity contribution in [2.75, 3.05) is 6.61 Å². The van der Waals surface area contributed by atoms with Gasteiger partial charge in [-0.05, 0) is 24.6 Å². The van der Waals surface area contributed by atoms with Crippen molar-refractivity contribution in [3.8, 4) is 17.2 Å². The van der Waals surface area contributed by atoms with Crippen LogP contribution in [0.15, 0.2) is 18.2 Å². The van der Waals surface area contributed by atoms with E-state index < -0.39 is 23.4 Å². The number of nitrogens with one attached hydrogen (secondary N) is 1. The van der Waals surface area contributed by atoms with Crippen LogP contribution in [0.1, 0.15) is 33.5 Å². The van der Waals surface area contributed by atoms with Gasteiger partial charge in [0.1, 0.15) is 11.9 Å². The van der Waals surface area contributed by atoms with Gasteiger partial charge in [-0.3, -0.25) is 5.10 Å². The first-order chi connectivity index (χ1) is 10.5. The highest BCUT2D eigenvalue weighted by atomic mass is 19.1. The molecule has 1 heterocycles. The molecular formula is C14H10FN3O4. The van der Waals surface area contributed by atoms with Gasteiger partial charge in [0, 0.05) is 5.56 Å². The maximum atomic E-state index is 13.4. The minimum absolute atomic E-state index is 0.0533. The van der Waals surface area contributed by atoms with Crippen LogP contribution in [-0.2, 0) is 4.74 Å². The second-order valence-electron chi connectivity index (χ2n) is 4.15. The Labute approximate surface area is 123 Å². The lowest BCUT2D eigenvalue weighted by Gasteiger charge is -2.05. The number of nitriles is 1. The van der Waals surface area contributed by atoms with Gasteiger partial charge in [0.05, 0.1) is 12.2 Å². The summed E-state index contributed by atoms with van der Waals surface area (Å²) in [6.07, 6.45) is 0. The van der Waals surface area contributed by atoms with E-state index in [0.29, 0.717) is 0 Å². The Kier molecular flexibility index (Phi) is 4.18. The van der Waals surface area contributed by atoms with Crippen molar-refractivity contribution in [2.45, 2.75) is 6.92 Å². The number of aromatic carboxylic acids is 1. The maximum absolute atomic E-state index is 13.4. The largest absolute Gasteiger partial charge is 0.476 e. The first-order valence-corrected chi connectivity index (χ1v) is 6.18. The van der Waals surface area contributed by atoms with E-state index in [-0.39, 0.29) is 29.0 Å². The quantitative estimate of drug-likeness (QED) is 0.834. The van der Waals surface area contributed by atoms with E-state index >= 15 is 0 Å². The topological polar surface area (TPSA) is 116 Å². The third kappa shape index (κ3) is 2.64. The van der Waals surface area contributed by atoms with Crippen molar-refractivity contribution in [3.05, 3.63) is 41.0 Å². The van der Waals surface area contributed by atoms with Gasteiger partial charge in [0.25, 0.3) is 0 Å². The number of nitrogens with zero attached hydrogens (tertiary/aromatic N) is 2. The van der Waals surface area contributed by atoms with E-state index in [0.717, 1.165) is 12.1 Å². The molecule has 0 amide bonds. The van der Waals surface area contributed by atoms with Crippen molar-refractivity contribution in [3.63, 3.8) is 0 Å². The molecule has 1 aromatic heterocycles. The Morgan fingerprint density at radius 2 is 2.23 bits per heavy atom. The Bertz CT molecular complexity index is 792. The summed E-state index contributed by atoms with van der Waals surface area (Å²) in [6, 6.07) is 5.07. The number of H-pyrrole nitrogens is 1. The number of hydrogen-bond donors (Lipinski definition) is 2. The maximum Gasteiger partial charge on any atom is 0.357 e. The molecule has 0 aliphatic rings. The summed E-state index contributed by atoms with van der Waals surface area (Å²) in [4.78, 5) is 23.1. The molecule has 2 N–H and O–H groups in total. The number of hydrogen-bond acceptors (Lipinski definition) is 5. The number of carbonyl (C=O) groups is 2. The van der Waals surface area contributed by atoms with Crippen LogP contribution in [-0.4, -0.2) is 33.8 Å². The molecule has 0 atom stereocenters. The standard InChI is InChI=1S/C14H10FN3O4/c1-2-22-14(21)12-10(11(13(19)20)17-18-12)7-3-4-9(15)8(5-7)6-16/h3-5H,2H2,1H3,(H,17,18)(H,19,20). The van der Waals surface area contributed by atoms with Crippen LogP contribution < -0.4 is 0 Å². The monoisotopic (exact) mass is 303 g/mol. The third-order valence-electron chi connectivity index (χ3n) is 2.82. The number of ether oxygens (including phenoxy) is 1. The number of halogens is 1. The van der Waals surface area contributed by atoms with E-state index in [1.165, 1.54) is 6.07 Å². The van der Waals surface area contributed by atoms with Crippen LogP contribution in [0.4, 0.5) is 4.39 Å². The van der Waals surface area contributed by atoms with Gasteiger partial charge in [-0.1, -0.05) is 6.07 Å². The van der Waals surface area contributed by atoms with E-state index in [9.17, 15) is 14.0 Å². The molecule has 0 spiro atoms. The van der Waals surface area contributed by atoms with Gasteiger partial charge >= 0.3 is 11.9 Å². The number of rotatable bonds is 4. The average molecular weight is 303 g/mol. The van der Waals surface area contributed by atoms with Gasteiger partial charge in [-0.25, -0.2) is 14.0 Å². The SMILES string of the molecule is CCOC(=O)c1[nH]nc(C(=O)O)c1-c1ccc(F)c(C#N)c1. The predicted molar refractivity (Wildman–Crippen MR) is 71.6 cm³/mol. The molecular weight excluding hydrogens is 293 g/mol. The van der Waals surface area contributed by atoms with Crippen LogP contribution in [0.3, 0.4) is 0 Å². The lowest BCUT2D eigenvalue weighted by Crippen LogP contribution is -2.07. The van der Waals surface area contributed by atoms with Crippen LogP contribution in [0.2, 0.25) is 0 Å². The second kappa shape index (κ2) is 6.05. The fourth-order valence-electron chi connectivity index (χ4n) is 1.90. The lowest BCUT2D eigenvalue weighted by molar-refractivity contribution is 0.0520. The Morgan fingerprint density at radius 3 is 2.82 bits per heavy atom. The fraction of sp³-hybridized carbons (Fsp3) is 0.143. The highest BCUT2D eigenvalue weighted by molar-refractivity contribution is 6.03. The van der Waals surface area contributed by atoms with Crippen LogP contribution in [0.25, 0.3) is 11.1 Å². The Balaban J connectivity index is 2.67. The number of carboxylic acids is 1. The van der Waals surface area contributed by atoms with Crippen LogP contribution >= 0.6 is 0 Å². The molecule has 0 saturated carbocycles. The van der Waals surface area contributed by atoms with Gasteiger partial charge < -0.3 is 9.84 Å². The molecule has 0 radical (unpaired) electrons. The zero-order chi connectivity index (χ0) is 16.3. The predicted octanol–water partition coefficient (Wildman–Crippen LogP) is 1.96. The number of carboxylic acid groups (broad SMARTS) is 1. The molecule has 0 fully saturated rings. The molecule has 7 nitrogen and oxygen atoms in total. The van der Waals surface area contributed by atoms with Crippen LogP contribution in [0.5, 0.6) is 0 Å². The molecule has 2 rings (SSSR count). The van der Waals surface area contributed by atoms with Crippen molar-refractivity contribution in [1.82, 2.24) is 10.2 Å². The molecule has 2 aromatic rings. The molecule has 0 aliphatic heterocycles. The molecule has 8 heteroatoms. The molecule has 22 heavy (non-hydrogen) atoms. The summed E-state index contributed by atoms with van der Waals surface area (Å²) in [5, 5.41) is 23.9. The summed E-state index contributed by atoms with van der Waals surface area (Å²) in [5.74, 6) is -2.91. The van der Waals surface area contributed by atoms with Gasteiger partial charge in [0.15, 0.2) is 11.4 Å². The zero-order valence-electron chi connectivity index (χ0n) is 11.4. The summed E-state index contributed by atoms with van der Waals surface area (Å²) in [6.45, 7) is 1.68. The number of esters is 1. The molecule has 0 unspecified atom stereocenters. The second-order valence-corrected chi connectivity index (χ2v) is 4.15. The Morgan fingerprint density at radius 1 is 1.50 bits per heavy atom. The normalized spacial score (nSPS) is 10.0. The van der Waals surface area contributed by atoms with Gasteiger partial charge in [-0.2, -0.15) is 10.4 Å². The van der Waals surface area contributed by atoms with E-state index in [4.69, 9.17) is 15.1 Å². The van der Waals surface area contributed by atoms with Gasteiger partial charge in [-0.15, -0.1) is 0 Å². The highest BCUT2D eigenvalue weighted by Gasteiger charge is 2.25.